The van der Waals surface area contributed by atoms with E-state index in [-0.39, 0.29) is 0 Å². The molecule has 4 aromatic heterocycles. The molecule has 0 saturated heterocycles. The summed E-state index contributed by atoms with van der Waals surface area (Å²) in [5.41, 5.74) is 5.75. The minimum Gasteiger partial charge on any atom is -0.346 e. The Morgan fingerprint density at radius 2 is 1.80 bits per heavy atom. The number of aryl methyl sites for hydroxylation is 3. The van der Waals surface area contributed by atoms with Crippen molar-refractivity contribution in [2.24, 2.45) is 0 Å². The van der Waals surface area contributed by atoms with Crippen LogP contribution in [0.15, 0.2) is 55.4 Å². The van der Waals surface area contributed by atoms with Crippen molar-refractivity contribution >= 4 is 11.0 Å². The number of pyridine rings is 2. The van der Waals surface area contributed by atoms with E-state index in [0.717, 1.165) is 41.7 Å². The number of nitrogens with one attached hydrogen (secondary N) is 1. The van der Waals surface area contributed by atoms with Gasteiger partial charge in [-0.05, 0) is 53.8 Å². The standard InChI is InChI=1S/C20H19N5/c1-14-6-8-21-12-16(14)4-5-19-23-10-15(11-24-19)9-17-13-25-20-18(17)3-2-7-22-20/h2-3,6-8,10-13H,4-5,9H2,1H3,(H,22,25). The molecule has 0 aliphatic heterocycles. The molecule has 0 fully saturated rings. The van der Waals surface area contributed by atoms with Gasteiger partial charge in [-0.15, -0.1) is 0 Å². The summed E-state index contributed by atoms with van der Waals surface area (Å²) in [5, 5.41) is 1.15. The lowest BCUT2D eigenvalue weighted by Gasteiger charge is -2.05. The lowest BCUT2D eigenvalue weighted by molar-refractivity contribution is 0.841. The maximum absolute atomic E-state index is 4.53. The van der Waals surface area contributed by atoms with E-state index in [1.54, 1.807) is 6.20 Å². The number of H-pyrrole nitrogens is 1. The molecule has 0 radical (unpaired) electrons. The maximum atomic E-state index is 4.53. The Morgan fingerprint density at radius 3 is 2.64 bits per heavy atom. The van der Waals surface area contributed by atoms with Crippen molar-refractivity contribution in [3.63, 3.8) is 0 Å². The zero-order valence-electron chi connectivity index (χ0n) is 14.1. The molecule has 0 aliphatic carbocycles. The van der Waals surface area contributed by atoms with E-state index in [4.69, 9.17) is 0 Å². The number of hydrogen-bond donors (Lipinski definition) is 1. The van der Waals surface area contributed by atoms with Crippen LogP contribution >= 0.6 is 0 Å². The molecule has 0 amide bonds. The molecule has 25 heavy (non-hydrogen) atoms. The van der Waals surface area contributed by atoms with Gasteiger partial charge < -0.3 is 4.98 Å². The molecule has 1 N–H and O–H groups in total. The third kappa shape index (κ3) is 3.40. The molecule has 5 heteroatoms. The van der Waals surface area contributed by atoms with E-state index >= 15 is 0 Å². The van der Waals surface area contributed by atoms with Crippen molar-refractivity contribution in [3.05, 3.63) is 83.5 Å². The zero-order chi connectivity index (χ0) is 17.1. The number of hydrogen-bond acceptors (Lipinski definition) is 4. The van der Waals surface area contributed by atoms with Gasteiger partial charge in [-0.1, -0.05) is 0 Å². The van der Waals surface area contributed by atoms with Crippen molar-refractivity contribution in [2.75, 3.05) is 0 Å². The van der Waals surface area contributed by atoms with Crippen LogP contribution in [0.3, 0.4) is 0 Å². The highest BCUT2D eigenvalue weighted by molar-refractivity contribution is 5.79. The van der Waals surface area contributed by atoms with E-state index in [1.165, 1.54) is 16.7 Å². The van der Waals surface area contributed by atoms with Crippen LogP contribution in [0.1, 0.15) is 28.1 Å². The Morgan fingerprint density at radius 1 is 0.920 bits per heavy atom. The third-order valence-corrected chi connectivity index (χ3v) is 4.46. The number of aromatic amines is 1. The van der Waals surface area contributed by atoms with Crippen molar-refractivity contribution in [1.29, 1.82) is 0 Å². The summed E-state index contributed by atoms with van der Waals surface area (Å²) in [6.07, 6.45) is 13.9. The third-order valence-electron chi connectivity index (χ3n) is 4.46. The van der Waals surface area contributed by atoms with Crippen molar-refractivity contribution in [3.8, 4) is 0 Å². The van der Waals surface area contributed by atoms with Crippen LogP contribution in [0.2, 0.25) is 0 Å². The van der Waals surface area contributed by atoms with Crippen LogP contribution in [-0.2, 0) is 19.3 Å². The molecule has 0 unspecified atom stereocenters. The fourth-order valence-electron chi connectivity index (χ4n) is 2.99. The fourth-order valence-corrected chi connectivity index (χ4v) is 2.99. The highest BCUT2D eigenvalue weighted by atomic mass is 14.9. The topological polar surface area (TPSA) is 67.3 Å². The number of rotatable bonds is 5. The Labute approximate surface area is 146 Å². The summed E-state index contributed by atoms with van der Waals surface area (Å²) in [6, 6.07) is 6.08. The van der Waals surface area contributed by atoms with Crippen LogP contribution < -0.4 is 0 Å². The first-order valence-electron chi connectivity index (χ1n) is 8.40. The lowest BCUT2D eigenvalue weighted by atomic mass is 10.1. The summed E-state index contributed by atoms with van der Waals surface area (Å²) in [6.45, 7) is 2.11. The van der Waals surface area contributed by atoms with Crippen LogP contribution in [0.4, 0.5) is 0 Å². The van der Waals surface area contributed by atoms with Gasteiger partial charge in [0.05, 0.1) is 0 Å². The predicted molar refractivity (Wildman–Crippen MR) is 97.3 cm³/mol. The van der Waals surface area contributed by atoms with E-state index in [0.29, 0.717) is 0 Å². The van der Waals surface area contributed by atoms with Gasteiger partial charge in [-0.3, -0.25) is 4.98 Å². The number of nitrogens with zero attached hydrogens (tertiary/aromatic N) is 4. The molecule has 0 spiro atoms. The van der Waals surface area contributed by atoms with E-state index < -0.39 is 0 Å². The largest absolute Gasteiger partial charge is 0.346 e. The van der Waals surface area contributed by atoms with Crippen LogP contribution in [0, 0.1) is 6.92 Å². The van der Waals surface area contributed by atoms with E-state index in [2.05, 4.69) is 37.9 Å². The second-order valence-corrected chi connectivity index (χ2v) is 6.20. The first-order valence-corrected chi connectivity index (χ1v) is 8.40. The van der Waals surface area contributed by atoms with E-state index in [1.807, 2.05) is 43.1 Å². The van der Waals surface area contributed by atoms with Gasteiger partial charge in [0.25, 0.3) is 0 Å². The summed E-state index contributed by atoms with van der Waals surface area (Å²) >= 11 is 0. The molecule has 5 nitrogen and oxygen atoms in total. The number of fused-ring (bicyclic) bond motifs is 1. The summed E-state index contributed by atoms with van der Waals surface area (Å²) < 4.78 is 0. The minimum absolute atomic E-state index is 0.799. The molecular weight excluding hydrogens is 310 g/mol. The molecule has 0 bridgehead atoms. The maximum Gasteiger partial charge on any atom is 0.137 e. The summed E-state index contributed by atoms with van der Waals surface area (Å²) in [5.74, 6) is 0.868. The van der Waals surface area contributed by atoms with Gasteiger partial charge in [0, 0.05) is 55.4 Å². The van der Waals surface area contributed by atoms with Gasteiger partial charge in [0.2, 0.25) is 0 Å². The van der Waals surface area contributed by atoms with Crippen LogP contribution in [-0.4, -0.2) is 24.9 Å². The average molecular weight is 329 g/mol. The molecule has 0 aliphatic rings. The SMILES string of the molecule is Cc1ccncc1CCc1ncc(Cc2c[nH]c3ncccc23)cn1. The smallest absolute Gasteiger partial charge is 0.137 e. The van der Waals surface area contributed by atoms with Gasteiger partial charge in [-0.2, -0.15) is 0 Å². The van der Waals surface area contributed by atoms with Crippen molar-refractivity contribution in [2.45, 2.75) is 26.2 Å². The van der Waals surface area contributed by atoms with Gasteiger partial charge in [-0.25, -0.2) is 15.0 Å². The normalized spacial score (nSPS) is 11.1. The summed E-state index contributed by atoms with van der Waals surface area (Å²) in [7, 11) is 0. The van der Waals surface area contributed by atoms with Crippen molar-refractivity contribution < 1.29 is 0 Å². The molecule has 0 atom stereocenters. The second-order valence-electron chi connectivity index (χ2n) is 6.20. The highest BCUT2D eigenvalue weighted by Gasteiger charge is 2.06. The summed E-state index contributed by atoms with van der Waals surface area (Å²) in [4.78, 5) is 20.8. The molecule has 4 rings (SSSR count). The van der Waals surface area contributed by atoms with Crippen LogP contribution in [0.25, 0.3) is 11.0 Å². The molecule has 124 valence electrons. The predicted octanol–water partition coefficient (Wildman–Crippen LogP) is 3.43. The molecule has 4 heterocycles. The first-order chi connectivity index (χ1) is 12.3. The van der Waals surface area contributed by atoms with E-state index in [9.17, 15) is 0 Å². The molecular formula is C20H19N5. The van der Waals surface area contributed by atoms with Crippen molar-refractivity contribution in [1.82, 2.24) is 24.9 Å². The fraction of sp³-hybridized carbons (Fsp3) is 0.200. The van der Waals surface area contributed by atoms with Gasteiger partial charge >= 0.3 is 0 Å². The minimum atomic E-state index is 0.799. The second kappa shape index (κ2) is 6.81. The highest BCUT2D eigenvalue weighted by Crippen LogP contribution is 2.18. The Balaban J connectivity index is 1.44. The van der Waals surface area contributed by atoms with Gasteiger partial charge in [0.15, 0.2) is 0 Å². The molecule has 0 aromatic carbocycles. The zero-order valence-corrected chi connectivity index (χ0v) is 14.1. The van der Waals surface area contributed by atoms with Crippen LogP contribution in [0.5, 0.6) is 0 Å². The Hall–Kier alpha value is -3.08. The van der Waals surface area contributed by atoms with Gasteiger partial charge in [0.1, 0.15) is 11.5 Å². The average Bonchev–Trinajstić information content (AvgIpc) is 3.05. The quantitative estimate of drug-likeness (QED) is 0.609. The Bertz CT molecular complexity index is 988. The monoisotopic (exact) mass is 329 g/mol. The first kappa shape index (κ1) is 15.4. The molecule has 4 aromatic rings. The Kier molecular flexibility index (Phi) is 4.21. The number of aromatic nitrogens is 5. The molecule has 0 saturated carbocycles. The lowest BCUT2D eigenvalue weighted by Crippen LogP contribution is -2.01.